The number of hydrogen-bond acceptors (Lipinski definition) is 2. The van der Waals surface area contributed by atoms with Gasteiger partial charge in [0, 0.05) is 17.2 Å². The van der Waals surface area contributed by atoms with Crippen LogP contribution in [-0.4, -0.2) is 5.78 Å². The van der Waals surface area contributed by atoms with Gasteiger partial charge in [0.05, 0.1) is 0 Å². The van der Waals surface area contributed by atoms with Gasteiger partial charge >= 0.3 is 0 Å². The molecule has 0 fully saturated rings. The van der Waals surface area contributed by atoms with Crippen LogP contribution < -0.4 is 4.74 Å². The molecule has 0 spiro atoms. The van der Waals surface area contributed by atoms with E-state index in [1.165, 1.54) is 0 Å². The molecule has 0 N–H and O–H groups in total. The molecule has 0 radical (unpaired) electrons. The van der Waals surface area contributed by atoms with Gasteiger partial charge in [-0.3, -0.25) is 4.79 Å². The fourth-order valence-electron chi connectivity index (χ4n) is 2.43. The van der Waals surface area contributed by atoms with Crippen LogP contribution in [0.25, 0.3) is 5.76 Å². The topological polar surface area (TPSA) is 26.3 Å². The van der Waals surface area contributed by atoms with Crippen molar-refractivity contribution in [3.05, 3.63) is 107 Å². The van der Waals surface area contributed by atoms with E-state index in [0.29, 0.717) is 17.1 Å². The number of carbonyl (C=O) groups is 1. The van der Waals surface area contributed by atoms with Gasteiger partial charge < -0.3 is 4.74 Å². The Morgan fingerprint density at radius 1 is 0.720 bits per heavy atom. The van der Waals surface area contributed by atoms with Crippen molar-refractivity contribution < 1.29 is 9.53 Å². The first-order chi connectivity index (χ1) is 12.1. The summed E-state index contributed by atoms with van der Waals surface area (Å²) in [6, 6.07) is 24.9. The van der Waals surface area contributed by atoms with Gasteiger partial charge in [-0.1, -0.05) is 77.9 Å². The van der Waals surface area contributed by atoms with Crippen molar-refractivity contribution in [2.24, 2.45) is 0 Å². The molecule has 2 heteroatoms. The van der Waals surface area contributed by atoms with Crippen LogP contribution in [0.3, 0.4) is 0 Å². The van der Waals surface area contributed by atoms with E-state index in [0.717, 1.165) is 16.7 Å². The Hall–Kier alpha value is -3.13. The van der Waals surface area contributed by atoms with Crippen molar-refractivity contribution in [1.82, 2.24) is 0 Å². The lowest BCUT2D eigenvalue weighted by molar-refractivity contribution is 0.104. The quantitative estimate of drug-likeness (QED) is 0.346. The van der Waals surface area contributed by atoms with Crippen LogP contribution in [0.1, 0.15) is 27.0 Å². The van der Waals surface area contributed by atoms with Gasteiger partial charge in [0.1, 0.15) is 11.5 Å². The molecule has 124 valence electrons. The van der Waals surface area contributed by atoms with Gasteiger partial charge in [-0.15, -0.1) is 0 Å². The van der Waals surface area contributed by atoms with Crippen molar-refractivity contribution in [1.29, 1.82) is 0 Å². The lowest BCUT2D eigenvalue weighted by Crippen LogP contribution is -2.01. The SMILES string of the molecule is Cc1ccc(O/C(=C/C(=O)c2ccccc2)c2ccc(C)cc2)cc1. The fraction of sp³-hybridized carbons (Fsp3) is 0.0870. The molecule has 3 rings (SSSR count). The second kappa shape index (κ2) is 7.63. The number of rotatable bonds is 5. The minimum atomic E-state index is -0.0803. The molecule has 0 aliphatic rings. The minimum Gasteiger partial charge on any atom is -0.457 e. The van der Waals surface area contributed by atoms with Crippen LogP contribution in [-0.2, 0) is 0 Å². The average molecular weight is 328 g/mol. The number of carbonyl (C=O) groups excluding carboxylic acids is 1. The lowest BCUT2D eigenvalue weighted by atomic mass is 10.1. The van der Waals surface area contributed by atoms with Gasteiger partial charge in [0.25, 0.3) is 0 Å². The van der Waals surface area contributed by atoms with Crippen molar-refractivity contribution in [3.63, 3.8) is 0 Å². The van der Waals surface area contributed by atoms with Crippen molar-refractivity contribution in [2.75, 3.05) is 0 Å². The van der Waals surface area contributed by atoms with E-state index in [1.54, 1.807) is 18.2 Å². The molecule has 0 saturated carbocycles. The zero-order valence-corrected chi connectivity index (χ0v) is 14.4. The monoisotopic (exact) mass is 328 g/mol. The van der Waals surface area contributed by atoms with Crippen LogP contribution in [0.5, 0.6) is 5.75 Å². The first-order valence-electron chi connectivity index (χ1n) is 8.24. The molecule has 0 amide bonds. The highest BCUT2D eigenvalue weighted by atomic mass is 16.5. The third-order valence-electron chi connectivity index (χ3n) is 3.91. The molecular weight excluding hydrogens is 308 g/mol. The summed E-state index contributed by atoms with van der Waals surface area (Å²) < 4.78 is 6.03. The number of hydrogen-bond donors (Lipinski definition) is 0. The third-order valence-corrected chi connectivity index (χ3v) is 3.91. The molecule has 0 bridgehead atoms. The number of aryl methyl sites for hydroxylation is 2. The second-order valence-corrected chi connectivity index (χ2v) is 6.02. The summed E-state index contributed by atoms with van der Waals surface area (Å²) in [5, 5.41) is 0. The molecular formula is C23H20O2. The summed E-state index contributed by atoms with van der Waals surface area (Å²) in [5.41, 5.74) is 3.83. The Kier molecular flexibility index (Phi) is 5.10. The van der Waals surface area contributed by atoms with E-state index in [4.69, 9.17) is 4.74 Å². The van der Waals surface area contributed by atoms with Crippen LogP contribution in [0.2, 0.25) is 0 Å². The molecule has 0 aliphatic carbocycles. The highest BCUT2D eigenvalue weighted by Gasteiger charge is 2.10. The number of ether oxygens (including phenoxy) is 1. The van der Waals surface area contributed by atoms with Crippen molar-refractivity contribution in [2.45, 2.75) is 13.8 Å². The van der Waals surface area contributed by atoms with E-state index in [-0.39, 0.29) is 5.78 Å². The first kappa shape index (κ1) is 16.7. The van der Waals surface area contributed by atoms with E-state index in [1.807, 2.05) is 80.6 Å². The summed E-state index contributed by atoms with van der Waals surface area (Å²) in [7, 11) is 0. The summed E-state index contributed by atoms with van der Waals surface area (Å²) in [6.07, 6.45) is 1.56. The molecule has 25 heavy (non-hydrogen) atoms. The van der Waals surface area contributed by atoms with Crippen molar-refractivity contribution >= 4 is 11.5 Å². The molecule has 2 nitrogen and oxygen atoms in total. The zero-order chi connectivity index (χ0) is 17.6. The standard InChI is InChI=1S/C23H20O2/c1-17-8-12-20(13-9-17)23(25-21-14-10-18(2)11-15-21)16-22(24)19-6-4-3-5-7-19/h3-16H,1-2H3/b23-16+. The van der Waals surface area contributed by atoms with Crippen LogP contribution >= 0.6 is 0 Å². The van der Waals surface area contributed by atoms with Crippen LogP contribution in [0, 0.1) is 13.8 Å². The van der Waals surface area contributed by atoms with E-state index in [2.05, 4.69) is 0 Å². The normalized spacial score (nSPS) is 11.2. The maximum absolute atomic E-state index is 12.6. The maximum Gasteiger partial charge on any atom is 0.189 e. The molecule has 0 aliphatic heterocycles. The summed E-state index contributed by atoms with van der Waals surface area (Å²) >= 11 is 0. The number of ketones is 1. The Morgan fingerprint density at radius 3 is 1.88 bits per heavy atom. The van der Waals surface area contributed by atoms with Gasteiger partial charge in [-0.2, -0.15) is 0 Å². The third kappa shape index (κ3) is 4.45. The van der Waals surface area contributed by atoms with Gasteiger partial charge in [-0.25, -0.2) is 0 Å². The number of benzene rings is 3. The highest BCUT2D eigenvalue weighted by Crippen LogP contribution is 2.23. The van der Waals surface area contributed by atoms with Gasteiger partial charge in [0.15, 0.2) is 5.78 Å². The zero-order valence-electron chi connectivity index (χ0n) is 14.4. The molecule has 0 saturated heterocycles. The highest BCUT2D eigenvalue weighted by molar-refractivity contribution is 6.08. The average Bonchev–Trinajstić information content (AvgIpc) is 2.64. The molecule has 0 atom stereocenters. The largest absolute Gasteiger partial charge is 0.457 e. The Morgan fingerprint density at radius 2 is 1.28 bits per heavy atom. The molecule has 3 aromatic carbocycles. The van der Waals surface area contributed by atoms with Crippen LogP contribution in [0.15, 0.2) is 84.9 Å². The molecule has 0 unspecified atom stereocenters. The van der Waals surface area contributed by atoms with E-state index < -0.39 is 0 Å². The van der Waals surface area contributed by atoms with Crippen LogP contribution in [0.4, 0.5) is 0 Å². The lowest BCUT2D eigenvalue weighted by Gasteiger charge is -2.11. The second-order valence-electron chi connectivity index (χ2n) is 6.02. The summed E-state index contributed by atoms with van der Waals surface area (Å²) in [5.74, 6) is 1.17. The molecule has 0 aromatic heterocycles. The van der Waals surface area contributed by atoms with E-state index >= 15 is 0 Å². The Bertz CT molecular complexity index is 874. The van der Waals surface area contributed by atoms with Gasteiger partial charge in [0.2, 0.25) is 0 Å². The fourth-order valence-corrected chi connectivity index (χ4v) is 2.43. The number of allylic oxidation sites excluding steroid dienone is 1. The van der Waals surface area contributed by atoms with Gasteiger partial charge in [-0.05, 0) is 26.0 Å². The smallest absolute Gasteiger partial charge is 0.189 e. The van der Waals surface area contributed by atoms with E-state index in [9.17, 15) is 4.79 Å². The van der Waals surface area contributed by atoms with Crippen molar-refractivity contribution in [3.8, 4) is 5.75 Å². The minimum absolute atomic E-state index is 0.0803. The predicted molar refractivity (Wildman–Crippen MR) is 102 cm³/mol. The predicted octanol–water partition coefficient (Wildman–Crippen LogP) is 5.61. The summed E-state index contributed by atoms with van der Waals surface area (Å²) in [4.78, 5) is 12.6. The summed E-state index contributed by atoms with van der Waals surface area (Å²) in [6.45, 7) is 4.06. The molecule has 3 aromatic rings. The first-order valence-corrected chi connectivity index (χ1v) is 8.24. The Balaban J connectivity index is 1.96. The molecule has 0 heterocycles. The Labute approximate surface area is 148 Å². The maximum atomic E-state index is 12.6.